The van der Waals surface area contributed by atoms with Crippen molar-refractivity contribution < 1.29 is 9.32 Å². The zero-order valence-electron chi connectivity index (χ0n) is 11.6. The number of para-hydroxylation sites is 1. The number of carbonyl (C=O) groups is 1. The lowest BCUT2D eigenvalue weighted by Crippen LogP contribution is -2.26. The molecule has 0 aliphatic rings. The lowest BCUT2D eigenvalue weighted by Gasteiger charge is -2.15. The standard InChI is InChI=1S/C17H14N2O2/c1-19(14-10-6-3-7-11-14)17(20)15-12-16(21-18-15)13-8-4-2-5-9-13/h2-12H,1H3. The summed E-state index contributed by atoms with van der Waals surface area (Å²) in [7, 11) is 1.72. The van der Waals surface area contributed by atoms with Gasteiger partial charge in [0.05, 0.1) is 0 Å². The minimum absolute atomic E-state index is 0.202. The van der Waals surface area contributed by atoms with Gasteiger partial charge in [-0.2, -0.15) is 0 Å². The van der Waals surface area contributed by atoms with E-state index in [9.17, 15) is 4.79 Å². The molecule has 0 radical (unpaired) electrons. The Bertz CT molecular complexity index is 736. The number of amides is 1. The van der Waals surface area contributed by atoms with Crippen LogP contribution >= 0.6 is 0 Å². The molecule has 0 aliphatic heterocycles. The predicted molar refractivity (Wildman–Crippen MR) is 81.1 cm³/mol. The highest BCUT2D eigenvalue weighted by Crippen LogP contribution is 2.21. The van der Waals surface area contributed by atoms with Gasteiger partial charge in [-0.3, -0.25) is 4.79 Å². The lowest BCUT2D eigenvalue weighted by atomic mass is 10.1. The van der Waals surface area contributed by atoms with Crippen molar-refractivity contribution in [3.8, 4) is 11.3 Å². The van der Waals surface area contributed by atoms with Crippen molar-refractivity contribution in [3.05, 3.63) is 72.4 Å². The van der Waals surface area contributed by atoms with Gasteiger partial charge in [-0.05, 0) is 12.1 Å². The molecular formula is C17H14N2O2. The first-order chi connectivity index (χ1) is 10.3. The van der Waals surface area contributed by atoms with E-state index in [0.29, 0.717) is 11.5 Å². The second-order valence-corrected chi connectivity index (χ2v) is 4.64. The molecule has 1 heterocycles. The number of hydrogen-bond donors (Lipinski definition) is 0. The highest BCUT2D eigenvalue weighted by molar-refractivity contribution is 6.04. The molecule has 0 saturated heterocycles. The van der Waals surface area contributed by atoms with Gasteiger partial charge in [0.1, 0.15) is 0 Å². The molecular weight excluding hydrogens is 264 g/mol. The maximum Gasteiger partial charge on any atom is 0.280 e. The summed E-state index contributed by atoms with van der Waals surface area (Å²) in [5, 5.41) is 3.87. The molecule has 0 unspecified atom stereocenters. The van der Waals surface area contributed by atoms with Crippen LogP contribution in [0.3, 0.4) is 0 Å². The number of hydrogen-bond acceptors (Lipinski definition) is 3. The summed E-state index contributed by atoms with van der Waals surface area (Å²) in [5.74, 6) is 0.382. The van der Waals surface area contributed by atoms with Crippen molar-refractivity contribution in [2.24, 2.45) is 0 Å². The SMILES string of the molecule is CN(C(=O)c1cc(-c2ccccc2)on1)c1ccccc1. The molecule has 0 atom stereocenters. The van der Waals surface area contributed by atoms with Crippen LogP contribution in [-0.2, 0) is 0 Å². The third kappa shape index (κ3) is 2.69. The first-order valence-electron chi connectivity index (χ1n) is 6.61. The van der Waals surface area contributed by atoms with Crippen LogP contribution < -0.4 is 4.90 Å². The fraction of sp³-hybridized carbons (Fsp3) is 0.0588. The number of anilines is 1. The average Bonchev–Trinajstić information content (AvgIpc) is 3.05. The van der Waals surface area contributed by atoms with Gasteiger partial charge in [-0.1, -0.05) is 53.7 Å². The molecule has 4 heteroatoms. The quantitative estimate of drug-likeness (QED) is 0.735. The van der Waals surface area contributed by atoms with Crippen molar-refractivity contribution >= 4 is 11.6 Å². The summed E-state index contributed by atoms with van der Waals surface area (Å²) in [6.45, 7) is 0. The molecule has 4 nitrogen and oxygen atoms in total. The van der Waals surface area contributed by atoms with E-state index in [1.807, 2.05) is 60.7 Å². The molecule has 0 spiro atoms. The largest absolute Gasteiger partial charge is 0.355 e. The highest BCUT2D eigenvalue weighted by Gasteiger charge is 2.18. The zero-order chi connectivity index (χ0) is 14.7. The van der Waals surface area contributed by atoms with Gasteiger partial charge in [-0.15, -0.1) is 0 Å². The molecule has 104 valence electrons. The number of carbonyl (C=O) groups excluding carboxylic acids is 1. The smallest absolute Gasteiger partial charge is 0.280 e. The Morgan fingerprint density at radius 2 is 1.62 bits per heavy atom. The number of nitrogens with zero attached hydrogens (tertiary/aromatic N) is 2. The molecule has 0 bridgehead atoms. The van der Waals surface area contributed by atoms with Crippen molar-refractivity contribution in [3.63, 3.8) is 0 Å². The fourth-order valence-corrected chi connectivity index (χ4v) is 2.06. The molecule has 0 fully saturated rings. The van der Waals surface area contributed by atoms with Crippen LogP contribution in [0.1, 0.15) is 10.5 Å². The predicted octanol–water partition coefficient (Wildman–Crippen LogP) is 3.62. The van der Waals surface area contributed by atoms with E-state index in [0.717, 1.165) is 11.3 Å². The Hall–Kier alpha value is -2.88. The van der Waals surface area contributed by atoms with Gasteiger partial charge >= 0.3 is 0 Å². The average molecular weight is 278 g/mol. The van der Waals surface area contributed by atoms with Gasteiger partial charge < -0.3 is 9.42 Å². The molecule has 2 aromatic carbocycles. The van der Waals surface area contributed by atoms with Crippen LogP contribution in [0.4, 0.5) is 5.69 Å². The van der Waals surface area contributed by atoms with E-state index in [1.54, 1.807) is 18.0 Å². The first kappa shape index (κ1) is 13.1. The second-order valence-electron chi connectivity index (χ2n) is 4.64. The van der Waals surface area contributed by atoms with E-state index in [1.165, 1.54) is 0 Å². The van der Waals surface area contributed by atoms with Crippen molar-refractivity contribution in [2.75, 3.05) is 11.9 Å². The van der Waals surface area contributed by atoms with Crippen LogP contribution in [0.2, 0.25) is 0 Å². The normalized spacial score (nSPS) is 10.3. The van der Waals surface area contributed by atoms with Crippen molar-refractivity contribution in [2.45, 2.75) is 0 Å². The zero-order valence-corrected chi connectivity index (χ0v) is 11.6. The molecule has 0 saturated carbocycles. The summed E-state index contributed by atoms with van der Waals surface area (Å²) in [6, 6.07) is 20.7. The molecule has 1 amide bonds. The Kier molecular flexibility index (Phi) is 3.51. The van der Waals surface area contributed by atoms with Gasteiger partial charge in [0.25, 0.3) is 5.91 Å². The van der Waals surface area contributed by atoms with Crippen LogP contribution in [0.5, 0.6) is 0 Å². The fourth-order valence-electron chi connectivity index (χ4n) is 2.06. The monoisotopic (exact) mass is 278 g/mol. The van der Waals surface area contributed by atoms with Gasteiger partial charge in [0.15, 0.2) is 11.5 Å². The minimum atomic E-state index is -0.202. The Morgan fingerprint density at radius 3 is 2.29 bits per heavy atom. The number of benzene rings is 2. The Labute approximate surface area is 122 Å². The lowest BCUT2D eigenvalue weighted by molar-refractivity contribution is 0.0984. The first-order valence-corrected chi connectivity index (χ1v) is 6.61. The van der Waals surface area contributed by atoms with Crippen LogP contribution in [0, 0.1) is 0 Å². The number of rotatable bonds is 3. The molecule has 0 N–H and O–H groups in total. The summed E-state index contributed by atoms with van der Waals surface area (Å²) in [4.78, 5) is 13.9. The molecule has 21 heavy (non-hydrogen) atoms. The maximum atomic E-state index is 12.4. The van der Waals surface area contributed by atoms with Crippen LogP contribution in [0.15, 0.2) is 71.3 Å². The minimum Gasteiger partial charge on any atom is -0.355 e. The summed E-state index contributed by atoms with van der Waals surface area (Å²) >= 11 is 0. The highest BCUT2D eigenvalue weighted by atomic mass is 16.5. The van der Waals surface area contributed by atoms with E-state index in [2.05, 4.69) is 5.16 Å². The van der Waals surface area contributed by atoms with Crippen LogP contribution in [-0.4, -0.2) is 18.1 Å². The Morgan fingerprint density at radius 1 is 1.00 bits per heavy atom. The van der Waals surface area contributed by atoms with Gasteiger partial charge in [0, 0.05) is 24.4 Å². The van der Waals surface area contributed by atoms with Gasteiger partial charge in [0.2, 0.25) is 0 Å². The van der Waals surface area contributed by atoms with Crippen molar-refractivity contribution in [1.82, 2.24) is 5.16 Å². The molecule has 3 aromatic rings. The third-order valence-electron chi connectivity index (χ3n) is 3.24. The van der Waals surface area contributed by atoms with E-state index < -0.39 is 0 Å². The summed E-state index contributed by atoms with van der Waals surface area (Å²) < 4.78 is 5.26. The molecule has 3 rings (SSSR count). The van der Waals surface area contributed by atoms with Crippen molar-refractivity contribution in [1.29, 1.82) is 0 Å². The summed E-state index contributed by atoms with van der Waals surface area (Å²) in [5.41, 5.74) is 2.00. The second kappa shape index (κ2) is 5.63. The molecule has 1 aromatic heterocycles. The van der Waals surface area contributed by atoms with E-state index in [-0.39, 0.29) is 5.91 Å². The Balaban J connectivity index is 1.85. The maximum absolute atomic E-state index is 12.4. The number of aromatic nitrogens is 1. The van der Waals surface area contributed by atoms with E-state index >= 15 is 0 Å². The van der Waals surface area contributed by atoms with Crippen LogP contribution in [0.25, 0.3) is 11.3 Å². The van der Waals surface area contributed by atoms with E-state index in [4.69, 9.17) is 4.52 Å². The van der Waals surface area contributed by atoms with Gasteiger partial charge in [-0.25, -0.2) is 0 Å². The summed E-state index contributed by atoms with van der Waals surface area (Å²) in [6.07, 6.45) is 0. The third-order valence-corrected chi connectivity index (χ3v) is 3.24. The topological polar surface area (TPSA) is 46.3 Å². The molecule has 0 aliphatic carbocycles.